The van der Waals surface area contributed by atoms with Crippen LogP contribution in [-0.4, -0.2) is 41.8 Å². The number of rotatable bonds is 3. The Bertz CT molecular complexity index is 308. The minimum Gasteiger partial charge on any atom is -0.464 e. The highest BCUT2D eigenvalue weighted by atomic mass is 32.1. The van der Waals surface area contributed by atoms with E-state index in [0.29, 0.717) is 18.3 Å². The second-order valence-electron chi connectivity index (χ2n) is 3.35. The van der Waals surface area contributed by atoms with Crippen LogP contribution in [0.15, 0.2) is 11.6 Å². The third-order valence-corrected chi connectivity index (χ3v) is 2.66. The minimum atomic E-state index is -4.12. The fraction of sp³-hybridized carbons (Fsp3) is 0.625. The Morgan fingerprint density at radius 2 is 2.27 bits per heavy atom. The zero-order valence-electron chi connectivity index (χ0n) is 7.70. The molecule has 1 aromatic rings. The zero-order chi connectivity index (χ0) is 10.9. The summed E-state index contributed by atoms with van der Waals surface area (Å²) in [5.41, 5.74) is 0. The standard InChI is InChI=1S/C8H9F3N2OS/c9-8(10,11)5-13-3-6(4-13)14-7-12-1-2-15-7/h1-2,6H,3-5H2. The van der Waals surface area contributed by atoms with Crippen LogP contribution in [0.2, 0.25) is 0 Å². The Labute approximate surface area is 88.5 Å². The first kappa shape index (κ1) is 10.7. The van der Waals surface area contributed by atoms with E-state index in [4.69, 9.17) is 4.74 Å². The molecule has 0 saturated carbocycles. The molecule has 0 amide bonds. The minimum absolute atomic E-state index is 0.154. The Morgan fingerprint density at radius 3 is 2.80 bits per heavy atom. The summed E-state index contributed by atoms with van der Waals surface area (Å²) in [5, 5.41) is 2.29. The first-order chi connectivity index (χ1) is 7.03. The summed E-state index contributed by atoms with van der Waals surface area (Å²) in [4.78, 5) is 5.20. The molecule has 0 bridgehead atoms. The summed E-state index contributed by atoms with van der Waals surface area (Å²) in [6, 6.07) is 0. The van der Waals surface area contributed by atoms with Crippen molar-refractivity contribution in [2.75, 3.05) is 19.6 Å². The summed E-state index contributed by atoms with van der Waals surface area (Å²) in [6.07, 6.45) is -2.67. The third-order valence-electron chi connectivity index (χ3n) is 2.00. The van der Waals surface area contributed by atoms with Crippen molar-refractivity contribution in [3.05, 3.63) is 11.6 Å². The van der Waals surface area contributed by atoms with Crippen LogP contribution in [0, 0.1) is 0 Å². The van der Waals surface area contributed by atoms with Gasteiger partial charge in [0, 0.05) is 24.7 Å². The molecule has 0 unspecified atom stereocenters. The van der Waals surface area contributed by atoms with Crippen LogP contribution in [0.1, 0.15) is 0 Å². The van der Waals surface area contributed by atoms with Crippen LogP contribution in [-0.2, 0) is 0 Å². The number of halogens is 3. The van der Waals surface area contributed by atoms with Crippen molar-refractivity contribution in [1.82, 2.24) is 9.88 Å². The van der Waals surface area contributed by atoms with E-state index in [1.165, 1.54) is 16.2 Å². The molecule has 7 heteroatoms. The highest BCUT2D eigenvalue weighted by molar-refractivity contribution is 7.11. The van der Waals surface area contributed by atoms with E-state index in [1.54, 1.807) is 11.6 Å². The monoisotopic (exact) mass is 238 g/mol. The van der Waals surface area contributed by atoms with Crippen molar-refractivity contribution < 1.29 is 17.9 Å². The van der Waals surface area contributed by atoms with Gasteiger partial charge in [-0.25, -0.2) is 4.98 Å². The predicted octanol–water partition coefficient (Wildman–Crippen LogP) is 1.77. The lowest BCUT2D eigenvalue weighted by Crippen LogP contribution is -2.56. The molecule has 3 nitrogen and oxygen atoms in total. The summed E-state index contributed by atoms with van der Waals surface area (Å²) in [7, 11) is 0. The summed E-state index contributed by atoms with van der Waals surface area (Å²) < 4.78 is 41.1. The molecule has 2 heterocycles. The number of ether oxygens (including phenoxy) is 1. The zero-order valence-corrected chi connectivity index (χ0v) is 8.51. The Hall–Kier alpha value is -0.820. The SMILES string of the molecule is FC(F)(F)CN1CC(Oc2nccs2)C1. The molecule has 1 aromatic heterocycles. The summed E-state index contributed by atoms with van der Waals surface area (Å²) in [6.45, 7) is -0.219. The van der Waals surface area contributed by atoms with E-state index in [9.17, 15) is 13.2 Å². The van der Waals surface area contributed by atoms with Crippen LogP contribution < -0.4 is 4.74 Å². The van der Waals surface area contributed by atoms with E-state index in [-0.39, 0.29) is 6.10 Å². The number of hydrogen-bond donors (Lipinski definition) is 0. The maximum atomic E-state index is 11.9. The van der Waals surface area contributed by atoms with Crippen molar-refractivity contribution in [2.45, 2.75) is 12.3 Å². The molecular formula is C8H9F3N2OS. The fourth-order valence-corrected chi connectivity index (χ4v) is 1.94. The van der Waals surface area contributed by atoms with Gasteiger partial charge in [0.15, 0.2) is 0 Å². The van der Waals surface area contributed by atoms with Crippen molar-refractivity contribution in [3.8, 4) is 5.19 Å². The first-order valence-corrected chi connectivity index (χ1v) is 5.26. The third kappa shape index (κ3) is 3.07. The number of aromatic nitrogens is 1. The smallest absolute Gasteiger partial charge is 0.401 e. The van der Waals surface area contributed by atoms with Crippen molar-refractivity contribution in [2.24, 2.45) is 0 Å². The maximum Gasteiger partial charge on any atom is 0.401 e. The molecule has 1 aliphatic rings. The van der Waals surface area contributed by atoms with E-state index in [2.05, 4.69) is 4.98 Å². The largest absolute Gasteiger partial charge is 0.464 e. The summed E-state index contributed by atoms with van der Waals surface area (Å²) >= 11 is 1.34. The summed E-state index contributed by atoms with van der Waals surface area (Å²) in [5.74, 6) is 0. The lowest BCUT2D eigenvalue weighted by Gasteiger charge is -2.38. The normalized spacial score (nSPS) is 18.9. The fourth-order valence-electron chi connectivity index (χ4n) is 1.39. The van der Waals surface area contributed by atoms with Gasteiger partial charge in [-0.05, 0) is 0 Å². The number of hydrogen-bond acceptors (Lipinski definition) is 4. The maximum absolute atomic E-state index is 11.9. The van der Waals surface area contributed by atoms with Crippen LogP contribution in [0.4, 0.5) is 13.2 Å². The molecule has 84 valence electrons. The molecule has 1 aliphatic heterocycles. The molecule has 0 radical (unpaired) electrons. The van der Waals surface area contributed by atoms with Gasteiger partial charge in [0.2, 0.25) is 0 Å². The average Bonchev–Trinajstić information content (AvgIpc) is 2.50. The second kappa shape index (κ2) is 3.97. The Morgan fingerprint density at radius 1 is 1.53 bits per heavy atom. The van der Waals surface area contributed by atoms with E-state index >= 15 is 0 Å². The van der Waals surface area contributed by atoms with Gasteiger partial charge < -0.3 is 4.74 Å². The van der Waals surface area contributed by atoms with E-state index in [0.717, 1.165) is 0 Å². The van der Waals surface area contributed by atoms with Gasteiger partial charge in [0.1, 0.15) is 6.10 Å². The molecule has 0 atom stereocenters. The van der Waals surface area contributed by atoms with Crippen molar-refractivity contribution >= 4 is 11.3 Å². The van der Waals surface area contributed by atoms with Gasteiger partial charge >= 0.3 is 6.18 Å². The molecule has 0 spiro atoms. The molecule has 1 fully saturated rings. The van der Waals surface area contributed by atoms with Gasteiger partial charge in [-0.15, -0.1) is 0 Å². The number of likely N-dealkylation sites (tertiary alicyclic amines) is 1. The van der Waals surface area contributed by atoms with E-state index in [1.807, 2.05) is 0 Å². The van der Waals surface area contributed by atoms with Gasteiger partial charge in [-0.2, -0.15) is 13.2 Å². The molecule has 2 rings (SSSR count). The van der Waals surface area contributed by atoms with Crippen LogP contribution in [0.25, 0.3) is 0 Å². The molecule has 0 aliphatic carbocycles. The average molecular weight is 238 g/mol. The molecule has 15 heavy (non-hydrogen) atoms. The number of thiazole rings is 1. The van der Waals surface area contributed by atoms with Crippen LogP contribution >= 0.6 is 11.3 Å². The first-order valence-electron chi connectivity index (χ1n) is 4.38. The van der Waals surface area contributed by atoms with Crippen molar-refractivity contribution in [1.29, 1.82) is 0 Å². The Kier molecular flexibility index (Phi) is 2.83. The van der Waals surface area contributed by atoms with Crippen LogP contribution in [0.3, 0.4) is 0 Å². The van der Waals surface area contributed by atoms with Gasteiger partial charge in [-0.3, -0.25) is 4.90 Å². The lowest BCUT2D eigenvalue weighted by molar-refractivity contribution is -0.162. The quantitative estimate of drug-likeness (QED) is 0.802. The molecule has 0 aromatic carbocycles. The lowest BCUT2D eigenvalue weighted by atomic mass is 10.2. The van der Waals surface area contributed by atoms with Gasteiger partial charge in [-0.1, -0.05) is 11.3 Å². The van der Waals surface area contributed by atoms with Crippen molar-refractivity contribution in [3.63, 3.8) is 0 Å². The van der Waals surface area contributed by atoms with Crippen LogP contribution in [0.5, 0.6) is 5.19 Å². The van der Waals surface area contributed by atoms with Gasteiger partial charge in [0.25, 0.3) is 5.19 Å². The van der Waals surface area contributed by atoms with E-state index < -0.39 is 12.7 Å². The number of alkyl halides is 3. The predicted molar refractivity (Wildman–Crippen MR) is 49.0 cm³/mol. The number of nitrogens with zero attached hydrogens (tertiary/aromatic N) is 2. The molecular weight excluding hydrogens is 229 g/mol. The Balaban J connectivity index is 1.70. The highest BCUT2D eigenvalue weighted by Crippen LogP contribution is 2.23. The topological polar surface area (TPSA) is 25.4 Å². The molecule has 0 N–H and O–H groups in total. The molecule has 1 saturated heterocycles. The highest BCUT2D eigenvalue weighted by Gasteiger charge is 2.38. The second-order valence-corrected chi connectivity index (χ2v) is 4.20. The van der Waals surface area contributed by atoms with Gasteiger partial charge in [0.05, 0.1) is 6.54 Å².